The lowest BCUT2D eigenvalue weighted by molar-refractivity contribution is 0.204. The zero-order valence-electron chi connectivity index (χ0n) is 12.4. The summed E-state index contributed by atoms with van der Waals surface area (Å²) in [5, 5.41) is 3.83. The molecule has 1 nitrogen and oxygen atoms in total. The van der Waals surface area contributed by atoms with Crippen LogP contribution in [0, 0.1) is 5.41 Å². The molecular formula is C15H31NS. The molecular weight excluding hydrogens is 226 g/mol. The SMILES string of the molecule is CCC(CC)(CNC1CCC(C)(C)CC1)SC. The van der Waals surface area contributed by atoms with Crippen molar-refractivity contribution in [3.63, 3.8) is 0 Å². The van der Waals surface area contributed by atoms with Gasteiger partial charge in [-0.15, -0.1) is 0 Å². The van der Waals surface area contributed by atoms with E-state index in [1.807, 2.05) is 11.8 Å². The third-order valence-corrected chi connectivity index (χ3v) is 6.36. The molecule has 0 unspecified atom stereocenters. The highest BCUT2D eigenvalue weighted by molar-refractivity contribution is 8.00. The van der Waals surface area contributed by atoms with Crippen molar-refractivity contribution in [2.75, 3.05) is 12.8 Å². The first-order chi connectivity index (χ1) is 7.97. The van der Waals surface area contributed by atoms with Gasteiger partial charge in [-0.2, -0.15) is 11.8 Å². The summed E-state index contributed by atoms with van der Waals surface area (Å²) in [6.45, 7) is 10.7. The Morgan fingerprint density at radius 3 is 2.12 bits per heavy atom. The number of rotatable bonds is 6. The summed E-state index contributed by atoms with van der Waals surface area (Å²) >= 11 is 2.04. The van der Waals surface area contributed by atoms with Crippen molar-refractivity contribution < 1.29 is 0 Å². The van der Waals surface area contributed by atoms with Crippen LogP contribution in [0.3, 0.4) is 0 Å². The molecule has 0 heterocycles. The largest absolute Gasteiger partial charge is 0.313 e. The molecule has 0 amide bonds. The van der Waals surface area contributed by atoms with E-state index < -0.39 is 0 Å². The quantitative estimate of drug-likeness (QED) is 0.753. The van der Waals surface area contributed by atoms with Crippen LogP contribution in [0.25, 0.3) is 0 Å². The Labute approximate surface area is 113 Å². The Morgan fingerprint density at radius 1 is 1.18 bits per heavy atom. The second kappa shape index (κ2) is 6.47. The van der Waals surface area contributed by atoms with Gasteiger partial charge in [-0.05, 0) is 50.2 Å². The third-order valence-electron chi connectivity index (χ3n) is 4.77. The average molecular weight is 257 g/mol. The highest BCUT2D eigenvalue weighted by Gasteiger charge is 2.29. The standard InChI is InChI=1S/C15H31NS/c1-6-15(7-2,17-5)12-16-13-8-10-14(3,4)11-9-13/h13,16H,6-12H2,1-5H3. The summed E-state index contributed by atoms with van der Waals surface area (Å²) in [6, 6.07) is 0.771. The molecule has 0 bridgehead atoms. The van der Waals surface area contributed by atoms with Gasteiger partial charge in [0.1, 0.15) is 0 Å². The van der Waals surface area contributed by atoms with E-state index in [1.54, 1.807) is 0 Å². The Hall–Kier alpha value is 0.310. The van der Waals surface area contributed by atoms with Crippen LogP contribution in [0.5, 0.6) is 0 Å². The van der Waals surface area contributed by atoms with Gasteiger partial charge in [0.2, 0.25) is 0 Å². The molecule has 1 saturated carbocycles. The fourth-order valence-electron chi connectivity index (χ4n) is 2.79. The lowest BCUT2D eigenvalue weighted by Gasteiger charge is -2.37. The molecule has 0 atom stereocenters. The molecule has 0 aliphatic heterocycles. The summed E-state index contributed by atoms with van der Waals surface area (Å²) in [5.74, 6) is 0. The Bertz CT molecular complexity index is 203. The minimum atomic E-state index is 0.465. The second-order valence-electron chi connectivity index (χ2n) is 6.41. The topological polar surface area (TPSA) is 12.0 Å². The molecule has 0 radical (unpaired) electrons. The van der Waals surface area contributed by atoms with Crippen molar-refractivity contribution in [3.8, 4) is 0 Å². The number of hydrogen-bond acceptors (Lipinski definition) is 2. The van der Waals surface area contributed by atoms with Gasteiger partial charge < -0.3 is 5.32 Å². The molecule has 0 saturated heterocycles. The van der Waals surface area contributed by atoms with Crippen molar-refractivity contribution >= 4 is 11.8 Å². The minimum absolute atomic E-state index is 0.465. The molecule has 1 rings (SSSR count). The molecule has 1 N–H and O–H groups in total. The highest BCUT2D eigenvalue weighted by Crippen LogP contribution is 2.36. The van der Waals surface area contributed by atoms with Crippen molar-refractivity contribution in [2.45, 2.75) is 77.0 Å². The van der Waals surface area contributed by atoms with Crippen LogP contribution in [0.1, 0.15) is 66.2 Å². The third kappa shape index (κ3) is 4.48. The molecule has 0 aromatic carbocycles. The predicted octanol–water partition coefficient (Wildman–Crippen LogP) is 4.47. The summed E-state index contributed by atoms with van der Waals surface area (Å²) < 4.78 is 0.465. The lowest BCUT2D eigenvalue weighted by atomic mass is 9.75. The van der Waals surface area contributed by atoms with Crippen LogP contribution < -0.4 is 5.32 Å². The first-order valence-electron chi connectivity index (χ1n) is 7.25. The molecule has 102 valence electrons. The zero-order chi connectivity index (χ0) is 12.9. The van der Waals surface area contributed by atoms with Crippen LogP contribution >= 0.6 is 11.8 Å². The molecule has 2 heteroatoms. The fraction of sp³-hybridized carbons (Fsp3) is 1.00. The average Bonchev–Trinajstić information content (AvgIpc) is 2.33. The zero-order valence-corrected chi connectivity index (χ0v) is 13.3. The van der Waals surface area contributed by atoms with E-state index in [0.29, 0.717) is 10.2 Å². The van der Waals surface area contributed by atoms with Gasteiger partial charge >= 0.3 is 0 Å². The maximum absolute atomic E-state index is 3.83. The maximum Gasteiger partial charge on any atom is 0.0276 e. The predicted molar refractivity (Wildman–Crippen MR) is 80.9 cm³/mol. The summed E-state index contributed by atoms with van der Waals surface area (Å²) in [7, 11) is 0. The van der Waals surface area contributed by atoms with E-state index in [0.717, 1.165) is 6.04 Å². The molecule has 1 aliphatic carbocycles. The monoisotopic (exact) mass is 257 g/mol. The number of thioether (sulfide) groups is 1. The van der Waals surface area contributed by atoms with Crippen molar-refractivity contribution in [2.24, 2.45) is 5.41 Å². The van der Waals surface area contributed by atoms with E-state index in [-0.39, 0.29) is 0 Å². The maximum atomic E-state index is 3.83. The summed E-state index contributed by atoms with van der Waals surface area (Å²) in [5.41, 5.74) is 0.588. The molecule has 0 aromatic heterocycles. The second-order valence-corrected chi connectivity index (χ2v) is 7.69. The minimum Gasteiger partial charge on any atom is -0.313 e. The van der Waals surface area contributed by atoms with E-state index in [2.05, 4.69) is 39.3 Å². The van der Waals surface area contributed by atoms with Crippen LogP contribution in [0.15, 0.2) is 0 Å². The molecule has 0 aromatic rings. The van der Waals surface area contributed by atoms with Crippen molar-refractivity contribution in [3.05, 3.63) is 0 Å². The molecule has 0 spiro atoms. The summed E-state index contributed by atoms with van der Waals surface area (Å²) in [4.78, 5) is 0. The molecule has 1 fully saturated rings. The number of nitrogens with one attached hydrogen (secondary N) is 1. The van der Waals surface area contributed by atoms with Crippen LogP contribution in [-0.4, -0.2) is 23.6 Å². The summed E-state index contributed by atoms with van der Waals surface area (Å²) in [6.07, 6.45) is 10.3. The van der Waals surface area contributed by atoms with Crippen molar-refractivity contribution in [1.82, 2.24) is 5.32 Å². The Balaban J connectivity index is 2.36. The number of hydrogen-bond donors (Lipinski definition) is 1. The van der Waals surface area contributed by atoms with E-state index in [4.69, 9.17) is 0 Å². The van der Waals surface area contributed by atoms with Gasteiger partial charge in [-0.1, -0.05) is 27.7 Å². The Kier molecular flexibility index (Phi) is 5.85. The van der Waals surface area contributed by atoms with E-state index in [9.17, 15) is 0 Å². The molecule has 17 heavy (non-hydrogen) atoms. The van der Waals surface area contributed by atoms with E-state index in [1.165, 1.54) is 45.1 Å². The van der Waals surface area contributed by atoms with Gasteiger partial charge in [0, 0.05) is 17.3 Å². The van der Waals surface area contributed by atoms with E-state index >= 15 is 0 Å². The van der Waals surface area contributed by atoms with Gasteiger partial charge in [-0.25, -0.2) is 0 Å². The Morgan fingerprint density at radius 2 is 1.71 bits per heavy atom. The highest BCUT2D eigenvalue weighted by atomic mass is 32.2. The van der Waals surface area contributed by atoms with Crippen LogP contribution in [-0.2, 0) is 0 Å². The van der Waals surface area contributed by atoms with Gasteiger partial charge in [0.25, 0.3) is 0 Å². The van der Waals surface area contributed by atoms with Crippen LogP contribution in [0.2, 0.25) is 0 Å². The van der Waals surface area contributed by atoms with Gasteiger partial charge in [0.05, 0.1) is 0 Å². The fourth-order valence-corrected chi connectivity index (χ4v) is 3.60. The first kappa shape index (κ1) is 15.4. The smallest absolute Gasteiger partial charge is 0.0276 e. The normalized spacial score (nSPS) is 21.7. The van der Waals surface area contributed by atoms with Crippen LogP contribution in [0.4, 0.5) is 0 Å². The van der Waals surface area contributed by atoms with Crippen molar-refractivity contribution in [1.29, 1.82) is 0 Å². The lowest BCUT2D eigenvalue weighted by Crippen LogP contribution is -2.43. The van der Waals surface area contributed by atoms with Gasteiger partial charge in [-0.3, -0.25) is 0 Å². The van der Waals surface area contributed by atoms with Gasteiger partial charge in [0.15, 0.2) is 0 Å². The molecule has 1 aliphatic rings. The first-order valence-corrected chi connectivity index (χ1v) is 8.48.